The molecule has 0 aliphatic rings. The van der Waals surface area contributed by atoms with Crippen LogP contribution in [0.2, 0.25) is 0 Å². The number of nitrogens with zero attached hydrogens (tertiary/aromatic N) is 4. The molecule has 0 saturated carbocycles. The summed E-state index contributed by atoms with van der Waals surface area (Å²) in [5.74, 6) is -0.294. The van der Waals surface area contributed by atoms with Gasteiger partial charge in [0.2, 0.25) is 0 Å². The average molecular weight is 274 g/mol. The van der Waals surface area contributed by atoms with Crippen molar-refractivity contribution in [3.05, 3.63) is 29.2 Å². The van der Waals surface area contributed by atoms with Gasteiger partial charge in [0.25, 0.3) is 0 Å². The lowest BCUT2D eigenvalue weighted by atomic mass is 10.0. The number of aromatic nitrogens is 4. The lowest BCUT2D eigenvalue weighted by Crippen LogP contribution is -2.12. The molecule has 2 aromatic rings. The van der Waals surface area contributed by atoms with E-state index < -0.39 is 5.97 Å². The Bertz CT molecular complexity index is 609. The molecule has 0 amide bonds. The first kappa shape index (κ1) is 14.2. The smallest absolute Gasteiger partial charge is 0.307 e. The largest absolute Gasteiger partial charge is 0.481 e. The van der Waals surface area contributed by atoms with Gasteiger partial charge in [0.15, 0.2) is 5.82 Å². The third-order valence-electron chi connectivity index (χ3n) is 3.12. The Kier molecular flexibility index (Phi) is 4.12. The molecule has 20 heavy (non-hydrogen) atoms. The van der Waals surface area contributed by atoms with E-state index >= 15 is 0 Å². The van der Waals surface area contributed by atoms with Crippen LogP contribution in [0.4, 0.5) is 0 Å². The molecule has 106 valence electrons. The fourth-order valence-corrected chi connectivity index (χ4v) is 2.17. The minimum absolute atomic E-state index is 0.0329. The summed E-state index contributed by atoms with van der Waals surface area (Å²) in [4.78, 5) is 20.0. The Balaban J connectivity index is 2.54. The van der Waals surface area contributed by atoms with Crippen molar-refractivity contribution in [1.82, 2.24) is 19.7 Å². The van der Waals surface area contributed by atoms with Crippen molar-refractivity contribution in [1.29, 1.82) is 0 Å². The molecule has 2 aromatic heterocycles. The van der Waals surface area contributed by atoms with Gasteiger partial charge in [-0.3, -0.25) is 9.48 Å². The Morgan fingerprint density at radius 1 is 1.25 bits per heavy atom. The van der Waals surface area contributed by atoms with Crippen LogP contribution < -0.4 is 0 Å². The molecule has 0 saturated heterocycles. The number of hydrogen-bond donors (Lipinski definition) is 1. The van der Waals surface area contributed by atoms with Crippen LogP contribution in [0.3, 0.4) is 0 Å². The van der Waals surface area contributed by atoms with Gasteiger partial charge in [-0.15, -0.1) is 0 Å². The summed E-state index contributed by atoms with van der Waals surface area (Å²) < 4.78 is 1.70. The first-order valence-corrected chi connectivity index (χ1v) is 6.65. The summed E-state index contributed by atoms with van der Waals surface area (Å²) in [6, 6.07) is 1.85. The van der Waals surface area contributed by atoms with Crippen molar-refractivity contribution in [3.63, 3.8) is 0 Å². The van der Waals surface area contributed by atoms with E-state index in [9.17, 15) is 4.79 Å². The zero-order valence-corrected chi connectivity index (χ0v) is 11.9. The van der Waals surface area contributed by atoms with Gasteiger partial charge in [0, 0.05) is 30.2 Å². The summed E-state index contributed by atoms with van der Waals surface area (Å²) >= 11 is 0. The van der Waals surface area contributed by atoms with E-state index in [1.807, 2.05) is 33.2 Å². The van der Waals surface area contributed by atoms with Crippen LogP contribution in [0.1, 0.15) is 30.8 Å². The third kappa shape index (κ3) is 2.84. The maximum absolute atomic E-state index is 11.0. The number of carboxylic acid groups (broad SMARTS) is 1. The Morgan fingerprint density at radius 2 is 1.85 bits per heavy atom. The Hall–Kier alpha value is -2.24. The SMILES string of the molecule is CCc1nc(-c2ccn(C)n2)nc(CC)c1CC(=O)O. The highest BCUT2D eigenvalue weighted by Gasteiger charge is 2.16. The first-order chi connectivity index (χ1) is 9.55. The molecule has 0 atom stereocenters. The predicted octanol–water partition coefficient (Wildman–Crippen LogP) is 1.63. The fourth-order valence-electron chi connectivity index (χ4n) is 2.17. The van der Waals surface area contributed by atoms with Crippen LogP contribution in [0.25, 0.3) is 11.5 Å². The molecule has 0 aliphatic heterocycles. The molecule has 1 N–H and O–H groups in total. The Morgan fingerprint density at radius 3 is 2.25 bits per heavy atom. The molecule has 0 radical (unpaired) electrons. The normalized spacial score (nSPS) is 10.8. The molecule has 0 aliphatic carbocycles. The molecule has 2 heterocycles. The van der Waals surface area contributed by atoms with Crippen LogP contribution >= 0.6 is 0 Å². The lowest BCUT2D eigenvalue weighted by molar-refractivity contribution is -0.136. The van der Waals surface area contributed by atoms with Crippen LogP contribution in [0.15, 0.2) is 12.3 Å². The molecule has 0 fully saturated rings. The van der Waals surface area contributed by atoms with E-state index in [1.165, 1.54) is 0 Å². The van der Waals surface area contributed by atoms with Gasteiger partial charge in [-0.25, -0.2) is 9.97 Å². The van der Waals surface area contributed by atoms with Crippen molar-refractivity contribution in [2.24, 2.45) is 7.05 Å². The van der Waals surface area contributed by atoms with Crippen molar-refractivity contribution < 1.29 is 9.90 Å². The second kappa shape index (κ2) is 5.81. The molecule has 0 spiro atoms. The molecular weight excluding hydrogens is 256 g/mol. The van der Waals surface area contributed by atoms with E-state index in [2.05, 4.69) is 15.1 Å². The maximum atomic E-state index is 11.0. The third-order valence-corrected chi connectivity index (χ3v) is 3.12. The maximum Gasteiger partial charge on any atom is 0.307 e. The van der Waals surface area contributed by atoms with Crippen molar-refractivity contribution in [2.45, 2.75) is 33.1 Å². The van der Waals surface area contributed by atoms with Crippen molar-refractivity contribution >= 4 is 5.97 Å². The monoisotopic (exact) mass is 274 g/mol. The van der Waals surface area contributed by atoms with E-state index in [4.69, 9.17) is 5.11 Å². The van der Waals surface area contributed by atoms with Crippen molar-refractivity contribution in [2.75, 3.05) is 0 Å². The number of carboxylic acids is 1. The van der Waals surface area contributed by atoms with E-state index in [0.717, 1.165) is 17.0 Å². The van der Waals surface area contributed by atoms with Crippen LogP contribution in [-0.4, -0.2) is 30.8 Å². The fraction of sp³-hybridized carbons (Fsp3) is 0.429. The summed E-state index contributed by atoms with van der Waals surface area (Å²) in [7, 11) is 1.84. The number of carbonyl (C=O) groups is 1. The highest BCUT2D eigenvalue weighted by atomic mass is 16.4. The zero-order valence-electron chi connectivity index (χ0n) is 11.9. The van der Waals surface area contributed by atoms with Gasteiger partial charge >= 0.3 is 5.97 Å². The number of aryl methyl sites for hydroxylation is 3. The molecule has 0 aromatic carbocycles. The van der Waals surface area contributed by atoms with Gasteiger partial charge in [-0.1, -0.05) is 13.8 Å². The van der Waals surface area contributed by atoms with Gasteiger partial charge in [0.1, 0.15) is 5.69 Å². The zero-order chi connectivity index (χ0) is 14.7. The molecule has 0 bridgehead atoms. The topological polar surface area (TPSA) is 80.9 Å². The number of hydrogen-bond acceptors (Lipinski definition) is 4. The summed E-state index contributed by atoms with van der Waals surface area (Å²) in [5, 5.41) is 13.3. The van der Waals surface area contributed by atoms with Crippen LogP contribution in [0, 0.1) is 0 Å². The molecule has 6 nitrogen and oxygen atoms in total. The second-order valence-electron chi connectivity index (χ2n) is 4.57. The van der Waals surface area contributed by atoms with Crippen molar-refractivity contribution in [3.8, 4) is 11.5 Å². The summed E-state index contributed by atoms with van der Waals surface area (Å²) in [6.45, 7) is 3.94. The molecule has 6 heteroatoms. The van der Waals surface area contributed by atoms with E-state index in [-0.39, 0.29) is 6.42 Å². The number of rotatable bonds is 5. The second-order valence-corrected chi connectivity index (χ2v) is 4.57. The highest BCUT2D eigenvalue weighted by molar-refractivity contribution is 5.71. The minimum Gasteiger partial charge on any atom is -0.481 e. The number of aliphatic carboxylic acids is 1. The minimum atomic E-state index is -0.858. The lowest BCUT2D eigenvalue weighted by Gasteiger charge is -2.11. The van der Waals surface area contributed by atoms with Crippen LogP contribution in [-0.2, 0) is 31.1 Å². The van der Waals surface area contributed by atoms with E-state index in [0.29, 0.717) is 24.4 Å². The molecular formula is C14H18N4O2. The average Bonchev–Trinajstić information content (AvgIpc) is 2.85. The van der Waals surface area contributed by atoms with Gasteiger partial charge in [-0.2, -0.15) is 5.10 Å². The van der Waals surface area contributed by atoms with E-state index in [1.54, 1.807) is 4.68 Å². The molecule has 0 unspecified atom stereocenters. The summed E-state index contributed by atoms with van der Waals surface area (Å²) in [6.07, 6.45) is 3.16. The van der Waals surface area contributed by atoms with Gasteiger partial charge < -0.3 is 5.11 Å². The van der Waals surface area contributed by atoms with Gasteiger partial charge in [0.05, 0.1) is 6.42 Å². The Labute approximate surface area is 117 Å². The quantitative estimate of drug-likeness (QED) is 0.896. The first-order valence-electron chi connectivity index (χ1n) is 6.65. The predicted molar refractivity (Wildman–Crippen MR) is 74.3 cm³/mol. The van der Waals surface area contributed by atoms with Crippen LogP contribution in [0.5, 0.6) is 0 Å². The van der Waals surface area contributed by atoms with Gasteiger partial charge in [-0.05, 0) is 18.9 Å². The molecule has 2 rings (SSSR count). The summed E-state index contributed by atoms with van der Waals surface area (Å²) in [5.41, 5.74) is 3.03. The standard InChI is InChI=1S/C14H18N4O2/c1-4-10-9(8-13(19)20)11(5-2)16-14(15-10)12-6-7-18(3)17-12/h6-7H,4-5,8H2,1-3H3,(H,19,20). The highest BCUT2D eigenvalue weighted by Crippen LogP contribution is 2.19.